The number of nitrogens with zero attached hydrogens (tertiary/aromatic N) is 1. The van der Waals surface area contributed by atoms with Gasteiger partial charge in [-0.3, -0.25) is 4.79 Å². The van der Waals surface area contributed by atoms with Crippen molar-refractivity contribution in [3.05, 3.63) is 23.9 Å². The summed E-state index contributed by atoms with van der Waals surface area (Å²) < 4.78 is 0. The Hall–Kier alpha value is -1.42. The first-order valence-corrected chi connectivity index (χ1v) is 3.17. The maximum absolute atomic E-state index is 10.8. The molecule has 0 spiro atoms. The maximum Gasteiger partial charge on any atom is 0.161 e. The molecular weight excluding hydrogens is 142 g/mol. The summed E-state index contributed by atoms with van der Waals surface area (Å²) in [6, 6.07) is 3.32. The molecule has 0 bridgehead atoms. The molecule has 0 saturated heterocycles. The van der Waals surface area contributed by atoms with Gasteiger partial charge in [0, 0.05) is 11.8 Å². The monoisotopic (exact) mass is 151 g/mol. The Balaban J connectivity index is 2.91. The van der Waals surface area contributed by atoms with Crippen molar-refractivity contribution in [3.63, 3.8) is 0 Å². The van der Waals surface area contributed by atoms with E-state index in [1.807, 2.05) is 0 Å². The van der Waals surface area contributed by atoms with E-state index in [9.17, 15) is 4.79 Å². The third-order valence-corrected chi connectivity index (χ3v) is 1.32. The van der Waals surface area contributed by atoms with Crippen LogP contribution in [0.1, 0.15) is 17.3 Å². The lowest BCUT2D eigenvalue weighted by Gasteiger charge is -1.97. The third kappa shape index (κ3) is 1.75. The molecule has 1 aromatic rings. The summed E-state index contributed by atoms with van der Waals surface area (Å²) in [5.41, 5.74) is 2.96. The van der Waals surface area contributed by atoms with Gasteiger partial charge in [-0.2, -0.15) is 0 Å². The SMILES string of the molecule is CC(=O)c1ccc(NN)nc1. The number of rotatable bonds is 2. The Bertz CT molecular complexity index is 255. The van der Waals surface area contributed by atoms with Crippen LogP contribution in [0.2, 0.25) is 0 Å². The van der Waals surface area contributed by atoms with Gasteiger partial charge in [-0.25, -0.2) is 10.8 Å². The molecule has 4 heteroatoms. The van der Waals surface area contributed by atoms with Crippen LogP contribution in [0.5, 0.6) is 0 Å². The van der Waals surface area contributed by atoms with Gasteiger partial charge in [0.1, 0.15) is 5.82 Å². The van der Waals surface area contributed by atoms with E-state index in [-0.39, 0.29) is 5.78 Å². The van der Waals surface area contributed by atoms with Crippen LogP contribution in [0.15, 0.2) is 18.3 Å². The van der Waals surface area contributed by atoms with Crippen molar-refractivity contribution >= 4 is 11.6 Å². The first-order chi connectivity index (χ1) is 5.24. The minimum absolute atomic E-state index is 0.000992. The predicted octanol–water partition coefficient (Wildman–Crippen LogP) is 0.570. The molecule has 4 nitrogen and oxygen atoms in total. The Morgan fingerprint density at radius 3 is 2.73 bits per heavy atom. The molecule has 0 aliphatic heterocycles. The largest absolute Gasteiger partial charge is 0.308 e. The summed E-state index contributed by atoms with van der Waals surface area (Å²) in [7, 11) is 0. The van der Waals surface area contributed by atoms with Crippen molar-refractivity contribution in [2.24, 2.45) is 5.84 Å². The first kappa shape index (κ1) is 7.68. The van der Waals surface area contributed by atoms with Gasteiger partial charge < -0.3 is 5.43 Å². The summed E-state index contributed by atoms with van der Waals surface area (Å²) >= 11 is 0. The number of ketones is 1. The lowest BCUT2D eigenvalue weighted by Crippen LogP contribution is -2.08. The zero-order valence-electron chi connectivity index (χ0n) is 6.16. The quantitative estimate of drug-likeness (QED) is 0.368. The number of hydrazine groups is 1. The number of hydrogen-bond donors (Lipinski definition) is 2. The molecule has 0 aromatic carbocycles. The summed E-state index contributed by atoms with van der Waals surface area (Å²) in [5, 5.41) is 0. The molecule has 0 fully saturated rings. The van der Waals surface area contributed by atoms with Crippen molar-refractivity contribution in [1.82, 2.24) is 4.98 Å². The predicted molar refractivity (Wildman–Crippen MR) is 42.1 cm³/mol. The van der Waals surface area contributed by atoms with Crippen molar-refractivity contribution < 1.29 is 4.79 Å². The number of nitrogens with two attached hydrogens (primary N) is 1. The van der Waals surface area contributed by atoms with E-state index in [0.717, 1.165) is 0 Å². The summed E-state index contributed by atoms with van der Waals surface area (Å²) in [5.74, 6) is 5.63. The Labute approximate surface area is 64.4 Å². The fraction of sp³-hybridized carbons (Fsp3) is 0.143. The number of carbonyl (C=O) groups is 1. The number of anilines is 1. The van der Waals surface area contributed by atoms with E-state index in [1.54, 1.807) is 12.1 Å². The van der Waals surface area contributed by atoms with Crippen LogP contribution in [-0.2, 0) is 0 Å². The van der Waals surface area contributed by atoms with E-state index in [1.165, 1.54) is 13.1 Å². The van der Waals surface area contributed by atoms with Crippen molar-refractivity contribution in [2.75, 3.05) is 5.43 Å². The maximum atomic E-state index is 10.8. The van der Waals surface area contributed by atoms with E-state index in [0.29, 0.717) is 11.4 Å². The summed E-state index contributed by atoms with van der Waals surface area (Å²) in [6.45, 7) is 1.49. The van der Waals surface area contributed by atoms with Crippen LogP contribution in [-0.4, -0.2) is 10.8 Å². The average Bonchev–Trinajstić information content (AvgIpc) is 2.05. The van der Waals surface area contributed by atoms with Crippen LogP contribution in [0.25, 0.3) is 0 Å². The Morgan fingerprint density at radius 2 is 2.36 bits per heavy atom. The van der Waals surface area contributed by atoms with Gasteiger partial charge in [-0.1, -0.05) is 0 Å². The van der Waals surface area contributed by atoms with Crippen molar-refractivity contribution in [3.8, 4) is 0 Å². The van der Waals surface area contributed by atoms with Crippen LogP contribution in [0.4, 0.5) is 5.82 Å². The third-order valence-electron chi connectivity index (χ3n) is 1.32. The normalized spacial score (nSPS) is 9.27. The lowest BCUT2D eigenvalue weighted by atomic mass is 10.2. The van der Waals surface area contributed by atoms with Gasteiger partial charge in [0.25, 0.3) is 0 Å². The molecule has 1 heterocycles. The van der Waals surface area contributed by atoms with Gasteiger partial charge in [-0.15, -0.1) is 0 Å². The Morgan fingerprint density at radius 1 is 1.64 bits per heavy atom. The highest BCUT2D eigenvalue weighted by atomic mass is 16.1. The first-order valence-electron chi connectivity index (χ1n) is 3.17. The molecule has 0 atom stereocenters. The number of nitrogens with one attached hydrogen (secondary N) is 1. The molecule has 58 valence electrons. The molecule has 0 saturated carbocycles. The van der Waals surface area contributed by atoms with Gasteiger partial charge in [0.05, 0.1) is 0 Å². The molecule has 1 aromatic heterocycles. The number of Topliss-reactive ketones (excluding diaryl/α,β-unsaturated/α-hetero) is 1. The number of nitrogen functional groups attached to an aromatic ring is 1. The minimum Gasteiger partial charge on any atom is -0.308 e. The zero-order chi connectivity index (χ0) is 8.27. The highest BCUT2D eigenvalue weighted by Gasteiger charge is 1.97. The molecule has 0 radical (unpaired) electrons. The van der Waals surface area contributed by atoms with E-state index >= 15 is 0 Å². The van der Waals surface area contributed by atoms with E-state index in [2.05, 4.69) is 10.4 Å². The highest BCUT2D eigenvalue weighted by Crippen LogP contribution is 2.03. The number of carbonyl (C=O) groups excluding carboxylic acids is 1. The second-order valence-electron chi connectivity index (χ2n) is 2.13. The highest BCUT2D eigenvalue weighted by molar-refractivity contribution is 5.93. The standard InChI is InChI=1S/C7H9N3O/c1-5(11)6-2-3-7(10-8)9-4-6/h2-4H,8H2,1H3,(H,9,10). The van der Waals surface area contributed by atoms with Crippen molar-refractivity contribution in [1.29, 1.82) is 0 Å². The van der Waals surface area contributed by atoms with Crippen LogP contribution >= 0.6 is 0 Å². The van der Waals surface area contributed by atoms with E-state index < -0.39 is 0 Å². The topological polar surface area (TPSA) is 68.0 Å². The summed E-state index contributed by atoms with van der Waals surface area (Å²) in [4.78, 5) is 14.6. The van der Waals surface area contributed by atoms with Gasteiger partial charge in [0.2, 0.25) is 0 Å². The number of pyridine rings is 1. The second kappa shape index (κ2) is 3.12. The fourth-order valence-electron chi connectivity index (χ4n) is 0.688. The van der Waals surface area contributed by atoms with Crippen molar-refractivity contribution in [2.45, 2.75) is 6.92 Å². The average molecular weight is 151 g/mol. The molecule has 0 amide bonds. The van der Waals surface area contributed by atoms with Gasteiger partial charge in [0.15, 0.2) is 5.78 Å². The van der Waals surface area contributed by atoms with Gasteiger partial charge >= 0.3 is 0 Å². The molecule has 0 aliphatic carbocycles. The second-order valence-corrected chi connectivity index (χ2v) is 2.13. The Kier molecular flexibility index (Phi) is 2.18. The summed E-state index contributed by atoms with van der Waals surface area (Å²) in [6.07, 6.45) is 1.48. The zero-order valence-corrected chi connectivity index (χ0v) is 6.16. The van der Waals surface area contributed by atoms with Crippen LogP contribution in [0.3, 0.4) is 0 Å². The molecule has 1 rings (SSSR count). The molecule has 0 unspecified atom stereocenters. The minimum atomic E-state index is 0.000992. The number of aromatic nitrogens is 1. The molecule has 3 N–H and O–H groups in total. The lowest BCUT2D eigenvalue weighted by molar-refractivity contribution is 0.101. The van der Waals surface area contributed by atoms with Gasteiger partial charge in [-0.05, 0) is 19.1 Å². The smallest absolute Gasteiger partial charge is 0.161 e. The molecule has 11 heavy (non-hydrogen) atoms. The molecule has 0 aliphatic rings. The number of hydrogen-bond acceptors (Lipinski definition) is 4. The van der Waals surface area contributed by atoms with E-state index in [4.69, 9.17) is 5.84 Å². The van der Waals surface area contributed by atoms with Crippen LogP contribution in [0, 0.1) is 0 Å². The molecular formula is C7H9N3O. The fourth-order valence-corrected chi connectivity index (χ4v) is 0.688. The van der Waals surface area contributed by atoms with Crippen LogP contribution < -0.4 is 11.3 Å².